The monoisotopic (exact) mass is 391 g/mol. The quantitative estimate of drug-likeness (QED) is 0.454. The minimum atomic E-state index is -1.17. The van der Waals surface area contributed by atoms with Crippen molar-refractivity contribution in [3.05, 3.63) is 11.4 Å². The van der Waals surface area contributed by atoms with Crippen LogP contribution in [0.15, 0.2) is 0 Å². The molecule has 0 bridgehead atoms. The van der Waals surface area contributed by atoms with Gasteiger partial charge in [-0.3, -0.25) is 14.4 Å². The maximum absolute atomic E-state index is 11.6. The van der Waals surface area contributed by atoms with E-state index in [4.69, 9.17) is 29.5 Å². The maximum Gasteiger partial charge on any atom is 0.303 e. The van der Waals surface area contributed by atoms with Crippen LogP contribution in [0.4, 0.5) is 0 Å². The van der Waals surface area contributed by atoms with Crippen molar-refractivity contribution in [2.75, 3.05) is 6.61 Å². The zero-order chi connectivity index (χ0) is 20.8. The Morgan fingerprint density at radius 1 is 1.11 bits per heavy atom. The van der Waals surface area contributed by atoms with E-state index in [1.54, 1.807) is 0 Å². The fourth-order valence-corrected chi connectivity index (χ4v) is 2.73. The Labute approximate surface area is 159 Å². The van der Waals surface area contributed by atoms with Crippen LogP contribution in [0.25, 0.3) is 0 Å². The molecule has 0 aliphatic carbocycles. The highest BCUT2D eigenvalue weighted by Gasteiger charge is 2.51. The van der Waals surface area contributed by atoms with Gasteiger partial charge in [0.1, 0.15) is 18.8 Å². The smallest absolute Gasteiger partial charge is 0.303 e. The molecule has 4 atom stereocenters. The second kappa shape index (κ2) is 8.92. The molecule has 0 unspecified atom stereocenters. The van der Waals surface area contributed by atoms with E-state index in [-0.39, 0.29) is 24.4 Å². The number of hydrogen-bond donors (Lipinski definition) is 0. The summed E-state index contributed by atoms with van der Waals surface area (Å²) in [6.45, 7) is 3.22. The predicted octanol–water partition coefficient (Wildman–Crippen LogP) is -0.460. The SMILES string of the molecule is CC(=O)OC[C@H]1O[C@@H](n2nnc(C#N)c2CC#N)[C@H](OC(C)=O)[C@@H]1OC(C)=O. The molecule has 12 heteroatoms. The molecule has 1 fully saturated rings. The minimum absolute atomic E-state index is 0.0980. The van der Waals surface area contributed by atoms with Crippen molar-refractivity contribution < 1.29 is 33.3 Å². The van der Waals surface area contributed by atoms with Crippen LogP contribution in [0.2, 0.25) is 0 Å². The fourth-order valence-electron chi connectivity index (χ4n) is 2.73. The number of ether oxygens (including phenoxy) is 4. The first-order valence-electron chi connectivity index (χ1n) is 8.12. The molecule has 2 rings (SSSR count). The topological polar surface area (TPSA) is 166 Å². The maximum atomic E-state index is 11.6. The lowest BCUT2D eigenvalue weighted by Crippen LogP contribution is -2.40. The van der Waals surface area contributed by atoms with Crippen LogP contribution in [0.5, 0.6) is 0 Å². The molecular formula is C16H17N5O7. The lowest BCUT2D eigenvalue weighted by atomic mass is 10.1. The normalized spacial score (nSPS) is 23.3. The molecule has 1 aromatic rings. The van der Waals surface area contributed by atoms with Gasteiger partial charge >= 0.3 is 17.9 Å². The average Bonchev–Trinajstić information content (AvgIpc) is 3.14. The Morgan fingerprint density at radius 2 is 1.75 bits per heavy atom. The van der Waals surface area contributed by atoms with Gasteiger partial charge in [-0.1, -0.05) is 5.21 Å². The van der Waals surface area contributed by atoms with Crippen molar-refractivity contribution in [1.82, 2.24) is 15.0 Å². The van der Waals surface area contributed by atoms with E-state index in [9.17, 15) is 14.4 Å². The summed E-state index contributed by atoms with van der Waals surface area (Å²) in [5.41, 5.74) is 0.0426. The van der Waals surface area contributed by atoms with Crippen molar-refractivity contribution in [3.8, 4) is 12.1 Å². The third-order valence-corrected chi connectivity index (χ3v) is 3.72. The number of carbonyl (C=O) groups is 3. The summed E-state index contributed by atoms with van der Waals surface area (Å²) in [6, 6.07) is 3.70. The summed E-state index contributed by atoms with van der Waals surface area (Å²) in [6.07, 6.45) is -4.64. The van der Waals surface area contributed by atoms with E-state index in [0.717, 1.165) is 18.5 Å². The number of esters is 3. The zero-order valence-corrected chi connectivity index (χ0v) is 15.3. The summed E-state index contributed by atoms with van der Waals surface area (Å²) in [4.78, 5) is 34.3. The molecule has 28 heavy (non-hydrogen) atoms. The van der Waals surface area contributed by atoms with Crippen LogP contribution in [0.1, 0.15) is 38.4 Å². The Bertz CT molecular complexity index is 853. The molecule has 0 N–H and O–H groups in total. The summed E-state index contributed by atoms with van der Waals surface area (Å²) >= 11 is 0. The summed E-state index contributed by atoms with van der Waals surface area (Å²) in [7, 11) is 0. The number of nitrogens with zero attached hydrogens (tertiary/aromatic N) is 5. The van der Waals surface area contributed by atoms with Crippen LogP contribution in [0, 0.1) is 22.7 Å². The molecule has 0 saturated carbocycles. The Kier molecular flexibility index (Phi) is 6.63. The highest BCUT2D eigenvalue weighted by Crippen LogP contribution is 2.35. The van der Waals surface area contributed by atoms with Gasteiger partial charge in [0.25, 0.3) is 0 Å². The van der Waals surface area contributed by atoms with Gasteiger partial charge in [-0.25, -0.2) is 4.68 Å². The molecule has 1 aliphatic rings. The van der Waals surface area contributed by atoms with Gasteiger partial charge in [0.2, 0.25) is 0 Å². The van der Waals surface area contributed by atoms with Crippen molar-refractivity contribution >= 4 is 17.9 Å². The molecule has 0 amide bonds. The first-order valence-corrected chi connectivity index (χ1v) is 8.12. The lowest BCUT2D eigenvalue weighted by molar-refractivity contribution is -0.166. The number of aromatic nitrogens is 3. The van der Waals surface area contributed by atoms with Crippen LogP contribution >= 0.6 is 0 Å². The third-order valence-electron chi connectivity index (χ3n) is 3.72. The second-order valence-corrected chi connectivity index (χ2v) is 5.79. The zero-order valence-electron chi connectivity index (χ0n) is 15.3. The van der Waals surface area contributed by atoms with Crippen LogP contribution in [-0.4, -0.2) is 57.8 Å². The predicted molar refractivity (Wildman–Crippen MR) is 85.7 cm³/mol. The Morgan fingerprint density at radius 3 is 2.29 bits per heavy atom. The second-order valence-electron chi connectivity index (χ2n) is 5.79. The van der Waals surface area contributed by atoms with Crippen molar-refractivity contribution in [3.63, 3.8) is 0 Å². The molecule has 0 radical (unpaired) electrons. The molecule has 0 aromatic carbocycles. The van der Waals surface area contributed by atoms with E-state index in [2.05, 4.69) is 10.3 Å². The molecule has 1 saturated heterocycles. The van der Waals surface area contributed by atoms with Gasteiger partial charge in [-0.2, -0.15) is 10.5 Å². The molecule has 148 valence electrons. The number of rotatable bonds is 6. The van der Waals surface area contributed by atoms with Gasteiger partial charge in [0.15, 0.2) is 24.1 Å². The Hall–Kier alpha value is -3.51. The van der Waals surface area contributed by atoms with Crippen LogP contribution in [0.3, 0.4) is 0 Å². The van der Waals surface area contributed by atoms with Crippen molar-refractivity contribution in [2.24, 2.45) is 0 Å². The summed E-state index contributed by atoms with van der Waals surface area (Å²) in [5, 5.41) is 25.7. The Balaban J connectivity index is 2.46. The van der Waals surface area contributed by atoms with Crippen LogP contribution < -0.4 is 0 Å². The fraction of sp³-hybridized carbons (Fsp3) is 0.562. The van der Waals surface area contributed by atoms with Gasteiger partial charge < -0.3 is 18.9 Å². The highest BCUT2D eigenvalue weighted by atomic mass is 16.7. The average molecular weight is 391 g/mol. The van der Waals surface area contributed by atoms with Gasteiger partial charge in [-0.05, 0) is 0 Å². The molecule has 2 heterocycles. The standard InChI is InChI=1S/C16H17N5O7/c1-8(22)25-7-13-14(26-9(2)23)15(27-10(3)24)16(28-13)21-12(4-5-17)11(6-18)19-20-21/h13-16H,4,7H2,1-3H3/t13-,14-,15-,16-/m1/s1. The first-order chi connectivity index (χ1) is 13.3. The van der Waals surface area contributed by atoms with E-state index in [1.165, 1.54) is 6.92 Å². The summed E-state index contributed by atoms with van der Waals surface area (Å²) in [5.74, 6) is -1.95. The first kappa shape index (κ1) is 20.8. The van der Waals surface area contributed by atoms with E-state index in [1.807, 2.05) is 12.1 Å². The largest absolute Gasteiger partial charge is 0.463 e. The molecule has 1 aromatic heterocycles. The molecule has 1 aliphatic heterocycles. The van der Waals surface area contributed by atoms with Gasteiger partial charge in [0.05, 0.1) is 18.2 Å². The lowest BCUT2D eigenvalue weighted by Gasteiger charge is -2.23. The van der Waals surface area contributed by atoms with E-state index < -0.39 is 42.4 Å². The third kappa shape index (κ3) is 4.61. The van der Waals surface area contributed by atoms with Gasteiger partial charge in [0, 0.05) is 20.8 Å². The number of carbonyl (C=O) groups excluding carboxylic acids is 3. The number of nitriles is 2. The molecule has 12 nitrogen and oxygen atoms in total. The summed E-state index contributed by atoms with van der Waals surface area (Å²) < 4.78 is 22.3. The van der Waals surface area contributed by atoms with Crippen molar-refractivity contribution in [1.29, 1.82) is 10.5 Å². The molecular weight excluding hydrogens is 374 g/mol. The van der Waals surface area contributed by atoms with Gasteiger partial charge in [-0.15, -0.1) is 5.10 Å². The number of hydrogen-bond acceptors (Lipinski definition) is 11. The van der Waals surface area contributed by atoms with E-state index in [0.29, 0.717) is 0 Å². The minimum Gasteiger partial charge on any atom is -0.463 e. The highest BCUT2D eigenvalue weighted by molar-refractivity contribution is 5.68. The van der Waals surface area contributed by atoms with Crippen molar-refractivity contribution in [2.45, 2.75) is 51.7 Å². The molecule has 0 spiro atoms. The van der Waals surface area contributed by atoms with E-state index >= 15 is 0 Å². The van der Waals surface area contributed by atoms with Crippen LogP contribution in [-0.2, 0) is 39.8 Å².